The summed E-state index contributed by atoms with van der Waals surface area (Å²) in [6.07, 6.45) is 13.8. The molecule has 0 fully saturated rings. The summed E-state index contributed by atoms with van der Waals surface area (Å²) in [5.41, 5.74) is 1.94. The number of rotatable bonds is 16. The average Bonchev–Trinajstić information content (AvgIpc) is 3.27. The molecule has 0 spiro atoms. The Hall–Kier alpha value is -1.67. The smallest absolute Gasteiger partial charge is 0.475 e. The van der Waals surface area contributed by atoms with Crippen molar-refractivity contribution in [3.8, 4) is 5.88 Å². The molecule has 7 nitrogen and oxygen atoms in total. The highest BCUT2D eigenvalue weighted by Gasteiger charge is 2.37. The summed E-state index contributed by atoms with van der Waals surface area (Å²) in [7, 11) is 2.11. The van der Waals surface area contributed by atoms with Gasteiger partial charge in [-0.25, -0.2) is 4.79 Å². The third kappa shape index (κ3) is 9.61. The molecule has 0 amide bonds. The number of carbonyl (C=O) groups excluding carboxylic acids is 1. The normalized spacial score (nSPS) is 19.1. The SMILES string of the molecule is CCCCCCCCOC(=O)O[C@@H](C)[N+]1(C)CCC=C(c2nsnc2OCCCCCC)C1. The molecule has 1 aliphatic rings. The van der Waals surface area contributed by atoms with Crippen molar-refractivity contribution in [2.75, 3.05) is 33.4 Å². The zero-order chi connectivity index (χ0) is 23.9. The van der Waals surface area contributed by atoms with Crippen molar-refractivity contribution in [3.05, 3.63) is 11.8 Å². The molecule has 1 aromatic rings. The fourth-order valence-corrected chi connectivity index (χ4v) is 4.59. The molecule has 33 heavy (non-hydrogen) atoms. The quantitative estimate of drug-likeness (QED) is 0.150. The van der Waals surface area contributed by atoms with Gasteiger partial charge in [0, 0.05) is 18.9 Å². The molecular formula is C25H44N3O4S+. The first-order chi connectivity index (χ1) is 16.0. The van der Waals surface area contributed by atoms with Crippen molar-refractivity contribution in [2.45, 2.75) is 97.6 Å². The fraction of sp³-hybridized carbons (Fsp3) is 0.800. The highest BCUT2D eigenvalue weighted by molar-refractivity contribution is 6.99. The van der Waals surface area contributed by atoms with Gasteiger partial charge in [-0.2, -0.15) is 4.37 Å². The number of nitrogens with zero attached hydrogens (tertiary/aromatic N) is 3. The van der Waals surface area contributed by atoms with E-state index in [9.17, 15) is 4.79 Å². The Morgan fingerprint density at radius 1 is 1.03 bits per heavy atom. The molecule has 1 unspecified atom stereocenters. The van der Waals surface area contributed by atoms with Crippen molar-refractivity contribution in [2.24, 2.45) is 0 Å². The van der Waals surface area contributed by atoms with Gasteiger partial charge in [-0.15, -0.1) is 4.37 Å². The number of likely N-dealkylation sites (N-methyl/N-ethyl adjacent to an activating group) is 1. The van der Waals surface area contributed by atoms with E-state index in [2.05, 4.69) is 35.7 Å². The predicted molar refractivity (Wildman–Crippen MR) is 133 cm³/mol. The lowest BCUT2D eigenvalue weighted by Gasteiger charge is -2.41. The van der Waals surface area contributed by atoms with Gasteiger partial charge in [-0.1, -0.05) is 71.3 Å². The van der Waals surface area contributed by atoms with E-state index in [0.29, 0.717) is 30.1 Å². The molecule has 2 rings (SSSR count). The Morgan fingerprint density at radius 3 is 2.45 bits per heavy atom. The second kappa shape index (κ2) is 15.3. The lowest BCUT2D eigenvalue weighted by Crippen LogP contribution is -2.55. The Balaban J connectivity index is 1.80. The molecule has 1 aliphatic heterocycles. The molecule has 0 saturated carbocycles. The summed E-state index contributed by atoms with van der Waals surface area (Å²) < 4.78 is 26.4. The molecular weight excluding hydrogens is 438 g/mol. The van der Waals surface area contributed by atoms with Gasteiger partial charge in [0.25, 0.3) is 5.88 Å². The molecule has 8 heteroatoms. The fourth-order valence-electron chi connectivity index (χ4n) is 4.06. The van der Waals surface area contributed by atoms with Crippen LogP contribution in [-0.2, 0) is 9.47 Å². The summed E-state index contributed by atoms with van der Waals surface area (Å²) in [6.45, 7) is 9.05. The molecule has 2 heterocycles. The van der Waals surface area contributed by atoms with E-state index in [0.717, 1.165) is 43.5 Å². The molecule has 1 aromatic heterocycles. The van der Waals surface area contributed by atoms with Crippen LogP contribution in [0.25, 0.3) is 5.57 Å². The van der Waals surface area contributed by atoms with E-state index < -0.39 is 6.16 Å². The molecule has 0 aromatic carbocycles. The largest absolute Gasteiger partial charge is 0.512 e. The Kier molecular flexibility index (Phi) is 12.8. The average molecular weight is 483 g/mol. The second-order valence-corrected chi connectivity index (χ2v) is 9.82. The zero-order valence-electron chi connectivity index (χ0n) is 21.1. The number of ether oxygens (including phenoxy) is 3. The topological polar surface area (TPSA) is 70.5 Å². The van der Waals surface area contributed by atoms with Gasteiger partial charge in [0.05, 0.1) is 38.5 Å². The van der Waals surface area contributed by atoms with Crippen LogP contribution in [0, 0.1) is 0 Å². The summed E-state index contributed by atoms with van der Waals surface area (Å²) in [6, 6.07) is 0. The number of unbranched alkanes of at least 4 members (excludes halogenated alkanes) is 8. The van der Waals surface area contributed by atoms with Crippen LogP contribution < -0.4 is 4.74 Å². The van der Waals surface area contributed by atoms with Crippen LogP contribution in [0.15, 0.2) is 6.08 Å². The van der Waals surface area contributed by atoms with Gasteiger partial charge in [0.15, 0.2) is 0 Å². The van der Waals surface area contributed by atoms with E-state index in [-0.39, 0.29) is 6.23 Å². The van der Waals surface area contributed by atoms with Crippen LogP contribution >= 0.6 is 11.7 Å². The number of hydrogen-bond donors (Lipinski definition) is 0. The second-order valence-electron chi connectivity index (χ2n) is 9.29. The van der Waals surface area contributed by atoms with Crippen molar-refractivity contribution in [1.82, 2.24) is 8.75 Å². The Bertz CT molecular complexity index is 724. The summed E-state index contributed by atoms with van der Waals surface area (Å²) in [5, 5.41) is 0. The number of carbonyl (C=O) groups is 1. The first-order valence-corrected chi connectivity index (χ1v) is 13.6. The highest BCUT2D eigenvalue weighted by atomic mass is 32.1. The summed E-state index contributed by atoms with van der Waals surface area (Å²) >= 11 is 1.19. The van der Waals surface area contributed by atoms with Crippen molar-refractivity contribution < 1.29 is 23.5 Å². The minimum absolute atomic E-state index is 0.309. The van der Waals surface area contributed by atoms with Crippen LogP contribution in [0.4, 0.5) is 4.79 Å². The molecule has 188 valence electrons. The first kappa shape index (κ1) is 27.6. The number of aromatic nitrogens is 2. The van der Waals surface area contributed by atoms with Crippen molar-refractivity contribution in [1.29, 1.82) is 0 Å². The highest BCUT2D eigenvalue weighted by Crippen LogP contribution is 2.31. The lowest BCUT2D eigenvalue weighted by atomic mass is 10.0. The minimum Gasteiger partial charge on any atom is -0.475 e. The molecule has 0 saturated heterocycles. The maximum absolute atomic E-state index is 12.2. The van der Waals surface area contributed by atoms with Crippen LogP contribution in [-0.4, -0.2) is 59.0 Å². The maximum atomic E-state index is 12.2. The monoisotopic (exact) mass is 482 g/mol. The van der Waals surface area contributed by atoms with E-state index in [1.807, 2.05) is 6.92 Å². The van der Waals surface area contributed by atoms with Gasteiger partial charge in [-0.05, 0) is 12.8 Å². The van der Waals surface area contributed by atoms with Gasteiger partial charge >= 0.3 is 6.16 Å². The van der Waals surface area contributed by atoms with E-state index in [1.54, 1.807) is 0 Å². The standard InChI is InChI=1S/C25H44N3O4S/c1-5-7-9-11-12-14-19-31-25(29)32-21(3)28(4)17-15-16-22(20-28)23-24(27-33-26-23)30-18-13-10-8-6-2/h16,21H,5-15,17-20H2,1-4H3/q+1/t21-,28?/m0/s1. The van der Waals surface area contributed by atoms with E-state index >= 15 is 0 Å². The molecule has 2 atom stereocenters. The Morgan fingerprint density at radius 2 is 1.70 bits per heavy atom. The molecule has 0 N–H and O–H groups in total. The summed E-state index contributed by atoms with van der Waals surface area (Å²) in [5.74, 6) is 0.628. The van der Waals surface area contributed by atoms with Crippen molar-refractivity contribution >= 4 is 23.5 Å². The number of hydrogen-bond acceptors (Lipinski definition) is 7. The lowest BCUT2D eigenvalue weighted by molar-refractivity contribution is -0.944. The molecule has 0 aliphatic carbocycles. The van der Waals surface area contributed by atoms with E-state index in [4.69, 9.17) is 14.2 Å². The van der Waals surface area contributed by atoms with Gasteiger partial charge in [-0.3, -0.25) is 4.48 Å². The summed E-state index contributed by atoms with van der Waals surface area (Å²) in [4.78, 5) is 12.2. The van der Waals surface area contributed by atoms with Crippen LogP contribution in [0.3, 0.4) is 0 Å². The van der Waals surface area contributed by atoms with Gasteiger partial charge < -0.3 is 14.2 Å². The Labute approximate surface area is 204 Å². The van der Waals surface area contributed by atoms with Gasteiger partial charge in [0.2, 0.25) is 6.23 Å². The third-order valence-corrected chi connectivity index (χ3v) is 6.94. The van der Waals surface area contributed by atoms with Crippen molar-refractivity contribution in [3.63, 3.8) is 0 Å². The minimum atomic E-state index is -0.571. The van der Waals surface area contributed by atoms with E-state index in [1.165, 1.54) is 56.7 Å². The third-order valence-electron chi connectivity index (χ3n) is 6.42. The van der Waals surface area contributed by atoms with Crippen LogP contribution in [0.5, 0.6) is 5.88 Å². The number of quaternary nitrogens is 1. The molecule has 0 radical (unpaired) electrons. The van der Waals surface area contributed by atoms with Crippen LogP contribution in [0.1, 0.15) is 97.1 Å². The maximum Gasteiger partial charge on any atom is 0.512 e. The molecule has 0 bridgehead atoms. The predicted octanol–water partition coefficient (Wildman–Crippen LogP) is 6.59. The van der Waals surface area contributed by atoms with Gasteiger partial charge in [0.1, 0.15) is 12.2 Å². The zero-order valence-corrected chi connectivity index (χ0v) is 22.0. The van der Waals surface area contributed by atoms with Crippen LogP contribution in [0.2, 0.25) is 0 Å². The first-order valence-electron chi connectivity index (χ1n) is 12.8.